The average molecular weight is 387 g/mol. The lowest BCUT2D eigenvalue weighted by atomic mass is 10.1. The summed E-state index contributed by atoms with van der Waals surface area (Å²) >= 11 is 0. The zero-order valence-electron chi connectivity index (χ0n) is 14.6. The first-order chi connectivity index (χ1) is 12.7. The van der Waals surface area contributed by atoms with Crippen LogP contribution in [0.1, 0.15) is 21.7 Å². The number of para-hydroxylation sites is 2. The van der Waals surface area contributed by atoms with Crippen LogP contribution in [0.2, 0.25) is 0 Å². The summed E-state index contributed by atoms with van der Waals surface area (Å²) in [6, 6.07) is 11.3. The van der Waals surface area contributed by atoms with Crippen molar-refractivity contribution in [2.75, 3.05) is 11.0 Å². The molecule has 2 N–H and O–H groups in total. The van der Waals surface area contributed by atoms with E-state index < -0.39 is 16.0 Å². The van der Waals surface area contributed by atoms with Crippen molar-refractivity contribution in [2.24, 2.45) is 0 Å². The number of rotatable bonds is 5. The van der Waals surface area contributed by atoms with E-state index in [1.807, 2.05) is 13.0 Å². The molecule has 3 aromatic rings. The first kappa shape index (κ1) is 18.6. The average Bonchev–Trinajstić information content (AvgIpc) is 2.60. The molecule has 0 aliphatic rings. The summed E-state index contributed by atoms with van der Waals surface area (Å²) < 4.78 is 30.3. The van der Waals surface area contributed by atoms with Crippen LogP contribution in [0.5, 0.6) is 0 Å². The molecule has 8 nitrogen and oxygen atoms in total. The van der Waals surface area contributed by atoms with Crippen LogP contribution in [0.15, 0.2) is 47.3 Å². The van der Waals surface area contributed by atoms with Crippen LogP contribution in [0, 0.1) is 6.92 Å². The quantitative estimate of drug-likeness (QED) is 0.646. The SMILES string of the molecule is Cc1cccc2c(=O)[nH]c(COC(=O)c3ccccc3NS(C)(=O)=O)nc12. The largest absolute Gasteiger partial charge is 0.454 e. The molecule has 1 aromatic heterocycles. The molecule has 0 fully saturated rings. The minimum Gasteiger partial charge on any atom is -0.454 e. The van der Waals surface area contributed by atoms with E-state index in [0.717, 1.165) is 11.8 Å². The van der Waals surface area contributed by atoms with Crippen molar-refractivity contribution >= 4 is 32.6 Å². The lowest BCUT2D eigenvalue weighted by Gasteiger charge is -2.10. The van der Waals surface area contributed by atoms with Gasteiger partial charge in [0.15, 0.2) is 0 Å². The zero-order chi connectivity index (χ0) is 19.6. The van der Waals surface area contributed by atoms with Gasteiger partial charge in [-0.15, -0.1) is 0 Å². The van der Waals surface area contributed by atoms with Crippen molar-refractivity contribution in [3.8, 4) is 0 Å². The van der Waals surface area contributed by atoms with Crippen LogP contribution in [-0.2, 0) is 21.4 Å². The van der Waals surface area contributed by atoms with E-state index in [-0.39, 0.29) is 29.2 Å². The fourth-order valence-corrected chi connectivity index (χ4v) is 3.16. The van der Waals surface area contributed by atoms with Crippen molar-refractivity contribution in [2.45, 2.75) is 13.5 Å². The number of aryl methyl sites for hydroxylation is 1. The molecule has 0 unspecified atom stereocenters. The number of aromatic amines is 1. The maximum absolute atomic E-state index is 12.4. The number of aromatic nitrogens is 2. The number of hydrogen-bond donors (Lipinski definition) is 2. The summed E-state index contributed by atoms with van der Waals surface area (Å²) in [5.41, 5.74) is 1.21. The van der Waals surface area contributed by atoms with Gasteiger partial charge in [-0.1, -0.05) is 24.3 Å². The fraction of sp³-hybridized carbons (Fsp3) is 0.167. The van der Waals surface area contributed by atoms with Crippen LogP contribution in [0.3, 0.4) is 0 Å². The van der Waals surface area contributed by atoms with E-state index in [1.165, 1.54) is 12.1 Å². The van der Waals surface area contributed by atoms with Gasteiger partial charge in [0, 0.05) is 0 Å². The first-order valence-electron chi connectivity index (χ1n) is 7.97. The van der Waals surface area contributed by atoms with Crippen molar-refractivity contribution in [3.63, 3.8) is 0 Å². The smallest absolute Gasteiger partial charge is 0.340 e. The highest BCUT2D eigenvalue weighted by molar-refractivity contribution is 7.92. The third-order valence-electron chi connectivity index (χ3n) is 3.77. The highest BCUT2D eigenvalue weighted by Gasteiger charge is 2.16. The number of anilines is 1. The number of carbonyl (C=O) groups excluding carboxylic acids is 1. The molecule has 0 aliphatic heterocycles. The number of nitrogens with one attached hydrogen (secondary N) is 2. The summed E-state index contributed by atoms with van der Waals surface area (Å²) in [7, 11) is -3.55. The lowest BCUT2D eigenvalue weighted by Crippen LogP contribution is -2.17. The molecule has 2 aromatic carbocycles. The zero-order valence-corrected chi connectivity index (χ0v) is 15.5. The second-order valence-corrected chi connectivity index (χ2v) is 7.73. The Hall–Kier alpha value is -3.20. The van der Waals surface area contributed by atoms with Gasteiger partial charge in [-0.25, -0.2) is 18.2 Å². The standard InChI is InChI=1S/C18H17N3O5S/c1-11-6-5-8-13-16(11)19-15(20-17(13)22)10-26-18(23)12-7-3-4-9-14(12)21-27(2,24)25/h3-9,21H,10H2,1-2H3,(H,19,20,22). The van der Waals surface area contributed by atoms with Gasteiger partial charge in [-0.05, 0) is 30.7 Å². The Balaban J connectivity index is 1.84. The topological polar surface area (TPSA) is 118 Å². The molecule has 0 amide bonds. The number of hydrogen-bond acceptors (Lipinski definition) is 6. The van der Waals surface area contributed by atoms with Gasteiger partial charge in [0.05, 0.1) is 28.4 Å². The molecule has 0 aliphatic carbocycles. The molecule has 0 saturated carbocycles. The predicted octanol–water partition coefficient (Wildman–Crippen LogP) is 1.96. The molecular formula is C18H17N3O5S. The van der Waals surface area contributed by atoms with Crippen molar-refractivity contribution in [3.05, 3.63) is 69.8 Å². The van der Waals surface area contributed by atoms with Crippen LogP contribution in [0.25, 0.3) is 10.9 Å². The van der Waals surface area contributed by atoms with Crippen molar-refractivity contribution in [1.29, 1.82) is 0 Å². The maximum Gasteiger partial charge on any atom is 0.340 e. The summed E-state index contributed by atoms with van der Waals surface area (Å²) in [6.45, 7) is 1.57. The molecular weight excluding hydrogens is 370 g/mol. The van der Waals surface area contributed by atoms with E-state index in [9.17, 15) is 18.0 Å². The normalized spacial score (nSPS) is 11.3. The third kappa shape index (κ3) is 4.32. The van der Waals surface area contributed by atoms with Gasteiger partial charge in [-0.3, -0.25) is 9.52 Å². The van der Waals surface area contributed by atoms with Crippen LogP contribution < -0.4 is 10.3 Å². The molecule has 0 atom stereocenters. The highest BCUT2D eigenvalue weighted by atomic mass is 32.2. The molecule has 9 heteroatoms. The number of nitrogens with zero attached hydrogens (tertiary/aromatic N) is 1. The molecule has 1 heterocycles. The molecule has 27 heavy (non-hydrogen) atoms. The van der Waals surface area contributed by atoms with Gasteiger partial charge in [0.1, 0.15) is 12.4 Å². The van der Waals surface area contributed by atoms with Gasteiger partial charge in [0.2, 0.25) is 10.0 Å². The summed E-state index contributed by atoms with van der Waals surface area (Å²) in [4.78, 5) is 31.4. The molecule has 0 saturated heterocycles. The molecule has 0 bridgehead atoms. The summed E-state index contributed by atoms with van der Waals surface area (Å²) in [5, 5.41) is 0.452. The van der Waals surface area contributed by atoms with Crippen LogP contribution in [0.4, 0.5) is 5.69 Å². The number of esters is 1. The van der Waals surface area contributed by atoms with Gasteiger partial charge < -0.3 is 9.72 Å². The second-order valence-electron chi connectivity index (χ2n) is 5.98. The summed E-state index contributed by atoms with van der Waals surface area (Å²) in [6.07, 6.45) is 0.987. The minimum absolute atomic E-state index is 0.0576. The van der Waals surface area contributed by atoms with Crippen molar-refractivity contribution in [1.82, 2.24) is 9.97 Å². The predicted molar refractivity (Wildman–Crippen MR) is 101 cm³/mol. The second kappa shape index (κ2) is 7.20. The monoisotopic (exact) mass is 387 g/mol. The van der Waals surface area contributed by atoms with E-state index in [0.29, 0.717) is 10.9 Å². The Labute approximate surface area is 155 Å². The van der Waals surface area contributed by atoms with Gasteiger partial charge >= 0.3 is 5.97 Å². The van der Waals surface area contributed by atoms with Gasteiger partial charge in [0.25, 0.3) is 5.56 Å². The van der Waals surface area contributed by atoms with E-state index in [1.54, 1.807) is 24.3 Å². The first-order valence-corrected chi connectivity index (χ1v) is 9.86. The maximum atomic E-state index is 12.4. The number of benzene rings is 2. The van der Waals surface area contributed by atoms with E-state index in [2.05, 4.69) is 14.7 Å². The Bertz CT molecular complexity index is 1190. The number of ether oxygens (including phenoxy) is 1. The number of sulfonamides is 1. The molecule has 0 radical (unpaired) electrons. The van der Waals surface area contributed by atoms with Gasteiger partial charge in [-0.2, -0.15) is 0 Å². The minimum atomic E-state index is -3.55. The number of H-pyrrole nitrogens is 1. The van der Waals surface area contributed by atoms with E-state index >= 15 is 0 Å². The highest BCUT2D eigenvalue weighted by Crippen LogP contribution is 2.18. The molecule has 0 spiro atoms. The fourth-order valence-electron chi connectivity index (χ4n) is 2.58. The van der Waals surface area contributed by atoms with Crippen LogP contribution in [-0.4, -0.2) is 30.6 Å². The molecule has 140 valence electrons. The Kier molecular flexibility index (Phi) is 4.95. The number of fused-ring (bicyclic) bond motifs is 1. The Morgan fingerprint density at radius 3 is 2.67 bits per heavy atom. The lowest BCUT2D eigenvalue weighted by molar-refractivity contribution is 0.0463. The molecule has 3 rings (SSSR count). The third-order valence-corrected chi connectivity index (χ3v) is 4.36. The number of carbonyl (C=O) groups is 1. The summed E-state index contributed by atoms with van der Waals surface area (Å²) in [5.74, 6) is -0.544. The van der Waals surface area contributed by atoms with Crippen LogP contribution >= 0.6 is 0 Å². The Morgan fingerprint density at radius 1 is 1.19 bits per heavy atom. The van der Waals surface area contributed by atoms with E-state index in [4.69, 9.17) is 4.74 Å². The van der Waals surface area contributed by atoms with Crippen molar-refractivity contribution < 1.29 is 17.9 Å². The Morgan fingerprint density at radius 2 is 1.93 bits per heavy atom.